The normalized spacial score (nSPS) is 10.1. The SMILES string of the molecule is CNc1nc(-c2cccc(OC)c2)c(C(=O)O)o1. The van der Waals surface area contributed by atoms with Crippen molar-refractivity contribution in [1.82, 2.24) is 4.98 Å². The van der Waals surface area contributed by atoms with Gasteiger partial charge >= 0.3 is 5.97 Å². The van der Waals surface area contributed by atoms with E-state index >= 15 is 0 Å². The maximum atomic E-state index is 11.1. The Labute approximate surface area is 103 Å². The van der Waals surface area contributed by atoms with Crippen molar-refractivity contribution in [1.29, 1.82) is 0 Å². The molecule has 1 aromatic carbocycles. The second-order valence-corrected chi connectivity index (χ2v) is 3.48. The van der Waals surface area contributed by atoms with Gasteiger partial charge in [-0.25, -0.2) is 4.79 Å². The number of carboxylic acids is 1. The quantitative estimate of drug-likeness (QED) is 0.861. The number of aromatic carboxylic acids is 1. The molecule has 1 heterocycles. The van der Waals surface area contributed by atoms with Crippen LogP contribution >= 0.6 is 0 Å². The molecule has 0 aliphatic rings. The molecule has 0 amide bonds. The summed E-state index contributed by atoms with van der Waals surface area (Å²) in [6.45, 7) is 0. The molecule has 1 aromatic heterocycles. The van der Waals surface area contributed by atoms with Crippen molar-refractivity contribution in [2.45, 2.75) is 0 Å². The summed E-state index contributed by atoms with van der Waals surface area (Å²) in [5, 5.41) is 11.7. The third-order valence-electron chi connectivity index (χ3n) is 2.38. The average molecular weight is 248 g/mol. The molecule has 0 saturated carbocycles. The van der Waals surface area contributed by atoms with E-state index in [1.807, 2.05) is 0 Å². The Morgan fingerprint density at radius 2 is 2.28 bits per heavy atom. The summed E-state index contributed by atoms with van der Waals surface area (Å²) >= 11 is 0. The number of carbonyl (C=O) groups is 1. The molecule has 6 nitrogen and oxygen atoms in total. The molecule has 0 spiro atoms. The van der Waals surface area contributed by atoms with Crippen LogP contribution in [0.3, 0.4) is 0 Å². The van der Waals surface area contributed by atoms with Crippen LogP contribution in [0.25, 0.3) is 11.3 Å². The fraction of sp³-hybridized carbons (Fsp3) is 0.167. The summed E-state index contributed by atoms with van der Waals surface area (Å²) in [7, 11) is 3.14. The predicted molar refractivity (Wildman–Crippen MR) is 65.0 cm³/mol. The molecular weight excluding hydrogens is 236 g/mol. The number of nitrogens with one attached hydrogen (secondary N) is 1. The topological polar surface area (TPSA) is 84.6 Å². The fourth-order valence-corrected chi connectivity index (χ4v) is 1.54. The molecular formula is C12H12N2O4. The van der Waals surface area contributed by atoms with Crippen molar-refractivity contribution < 1.29 is 19.1 Å². The summed E-state index contributed by atoms with van der Waals surface area (Å²) in [4.78, 5) is 15.2. The predicted octanol–water partition coefficient (Wildman–Crippen LogP) is 2.09. The molecule has 2 aromatic rings. The fourth-order valence-electron chi connectivity index (χ4n) is 1.54. The molecule has 2 N–H and O–H groups in total. The Balaban J connectivity index is 2.54. The zero-order chi connectivity index (χ0) is 13.1. The van der Waals surface area contributed by atoms with Crippen molar-refractivity contribution in [2.24, 2.45) is 0 Å². The Hall–Kier alpha value is -2.50. The molecule has 0 unspecified atom stereocenters. The number of methoxy groups -OCH3 is 1. The van der Waals surface area contributed by atoms with Crippen molar-refractivity contribution in [3.8, 4) is 17.0 Å². The van der Waals surface area contributed by atoms with Gasteiger partial charge in [0, 0.05) is 12.6 Å². The first-order chi connectivity index (χ1) is 8.65. The minimum atomic E-state index is -1.16. The number of anilines is 1. The van der Waals surface area contributed by atoms with E-state index in [-0.39, 0.29) is 17.5 Å². The largest absolute Gasteiger partial charge is 0.497 e. The molecule has 0 fully saturated rings. The summed E-state index contributed by atoms with van der Waals surface area (Å²) < 4.78 is 10.2. The van der Waals surface area contributed by atoms with E-state index < -0.39 is 5.97 Å². The Morgan fingerprint density at radius 3 is 2.89 bits per heavy atom. The van der Waals surface area contributed by atoms with Gasteiger partial charge in [-0.3, -0.25) is 0 Å². The van der Waals surface area contributed by atoms with Crippen molar-refractivity contribution in [3.05, 3.63) is 30.0 Å². The third-order valence-corrected chi connectivity index (χ3v) is 2.38. The lowest BCUT2D eigenvalue weighted by Crippen LogP contribution is -1.96. The van der Waals surface area contributed by atoms with Gasteiger partial charge in [-0.15, -0.1) is 0 Å². The third kappa shape index (κ3) is 2.13. The zero-order valence-electron chi connectivity index (χ0n) is 9.93. The van der Waals surface area contributed by atoms with Gasteiger partial charge in [0.15, 0.2) is 0 Å². The monoisotopic (exact) mass is 248 g/mol. The van der Waals surface area contributed by atoms with Crippen molar-refractivity contribution in [3.63, 3.8) is 0 Å². The number of nitrogens with zero attached hydrogens (tertiary/aromatic N) is 1. The first kappa shape index (κ1) is 12.0. The number of aromatic nitrogens is 1. The molecule has 0 aliphatic heterocycles. The second-order valence-electron chi connectivity index (χ2n) is 3.48. The molecule has 0 radical (unpaired) electrons. The molecule has 2 rings (SSSR count). The number of oxazole rings is 1. The Kier molecular flexibility index (Phi) is 3.18. The lowest BCUT2D eigenvalue weighted by molar-refractivity contribution is 0.0665. The van der Waals surface area contributed by atoms with Crippen LogP contribution in [0.4, 0.5) is 6.01 Å². The summed E-state index contributed by atoms with van der Waals surface area (Å²) in [6.07, 6.45) is 0. The highest BCUT2D eigenvalue weighted by Gasteiger charge is 2.20. The van der Waals surface area contributed by atoms with E-state index in [4.69, 9.17) is 14.3 Å². The van der Waals surface area contributed by atoms with Crippen LogP contribution in [-0.2, 0) is 0 Å². The van der Waals surface area contributed by atoms with Crippen LogP contribution in [0.1, 0.15) is 10.6 Å². The number of hydrogen-bond donors (Lipinski definition) is 2. The Bertz CT molecular complexity index is 577. The standard InChI is InChI=1S/C12H12N2O4/c1-13-12-14-9(10(18-12)11(15)16)7-4-3-5-8(6-7)17-2/h3-6H,1-2H3,(H,13,14)(H,15,16). The van der Waals surface area contributed by atoms with Gasteiger partial charge in [0.05, 0.1) is 7.11 Å². The van der Waals surface area contributed by atoms with E-state index in [2.05, 4.69) is 10.3 Å². The van der Waals surface area contributed by atoms with Crippen molar-refractivity contribution in [2.75, 3.05) is 19.5 Å². The number of benzene rings is 1. The van der Waals surface area contributed by atoms with E-state index in [1.165, 1.54) is 0 Å². The highest BCUT2D eigenvalue weighted by Crippen LogP contribution is 2.28. The number of hydrogen-bond acceptors (Lipinski definition) is 5. The minimum Gasteiger partial charge on any atom is -0.497 e. The number of ether oxygens (including phenoxy) is 1. The summed E-state index contributed by atoms with van der Waals surface area (Å²) in [5.41, 5.74) is 0.891. The number of carboxylic acid groups (broad SMARTS) is 1. The van der Waals surface area contributed by atoms with E-state index in [0.29, 0.717) is 11.3 Å². The maximum absolute atomic E-state index is 11.1. The lowest BCUT2D eigenvalue weighted by atomic mass is 10.1. The molecule has 0 atom stereocenters. The molecule has 94 valence electrons. The van der Waals surface area contributed by atoms with E-state index in [1.54, 1.807) is 38.4 Å². The number of rotatable bonds is 4. The highest BCUT2D eigenvalue weighted by atomic mass is 16.5. The zero-order valence-corrected chi connectivity index (χ0v) is 9.93. The summed E-state index contributed by atoms with van der Waals surface area (Å²) in [5.74, 6) is -0.743. The van der Waals surface area contributed by atoms with Gasteiger partial charge in [0.25, 0.3) is 6.01 Å². The van der Waals surface area contributed by atoms with Crippen LogP contribution < -0.4 is 10.1 Å². The summed E-state index contributed by atoms with van der Waals surface area (Å²) in [6, 6.07) is 7.12. The minimum absolute atomic E-state index is 0.158. The molecule has 6 heteroatoms. The first-order valence-electron chi connectivity index (χ1n) is 5.22. The second kappa shape index (κ2) is 4.79. The van der Waals surface area contributed by atoms with Crippen LogP contribution in [0, 0.1) is 0 Å². The lowest BCUT2D eigenvalue weighted by Gasteiger charge is -2.01. The van der Waals surface area contributed by atoms with Crippen LogP contribution in [0.5, 0.6) is 5.75 Å². The van der Waals surface area contributed by atoms with Gasteiger partial charge in [0.1, 0.15) is 11.4 Å². The maximum Gasteiger partial charge on any atom is 0.374 e. The molecule has 0 saturated heterocycles. The van der Waals surface area contributed by atoms with Gasteiger partial charge in [-0.1, -0.05) is 12.1 Å². The van der Waals surface area contributed by atoms with Gasteiger partial charge in [-0.2, -0.15) is 4.98 Å². The van der Waals surface area contributed by atoms with Gasteiger partial charge < -0.3 is 19.6 Å². The molecule has 0 bridgehead atoms. The van der Waals surface area contributed by atoms with Gasteiger partial charge in [-0.05, 0) is 12.1 Å². The van der Waals surface area contributed by atoms with Crippen LogP contribution in [-0.4, -0.2) is 30.2 Å². The highest BCUT2D eigenvalue weighted by molar-refractivity contribution is 5.92. The van der Waals surface area contributed by atoms with E-state index in [9.17, 15) is 4.79 Å². The van der Waals surface area contributed by atoms with Crippen molar-refractivity contribution >= 4 is 12.0 Å². The first-order valence-corrected chi connectivity index (χ1v) is 5.22. The molecule has 18 heavy (non-hydrogen) atoms. The van der Waals surface area contributed by atoms with Gasteiger partial charge in [0.2, 0.25) is 5.76 Å². The van der Waals surface area contributed by atoms with Crippen LogP contribution in [0.15, 0.2) is 28.7 Å². The average Bonchev–Trinajstić information content (AvgIpc) is 2.83. The molecule has 0 aliphatic carbocycles. The smallest absolute Gasteiger partial charge is 0.374 e. The Morgan fingerprint density at radius 1 is 1.50 bits per heavy atom. The van der Waals surface area contributed by atoms with Crippen LogP contribution in [0.2, 0.25) is 0 Å². The van der Waals surface area contributed by atoms with E-state index in [0.717, 1.165) is 0 Å².